The maximum absolute atomic E-state index is 12.9. The van der Waals surface area contributed by atoms with E-state index in [1.165, 1.54) is 6.07 Å². The molecule has 2 atom stereocenters. The number of hydrogen-bond donors (Lipinski definition) is 1. The lowest BCUT2D eigenvalue weighted by molar-refractivity contribution is 0.211. The van der Waals surface area contributed by atoms with Crippen molar-refractivity contribution in [2.24, 2.45) is 11.7 Å². The highest BCUT2D eigenvalue weighted by Gasteiger charge is 2.35. The molecule has 2 unspecified atom stereocenters. The van der Waals surface area contributed by atoms with Gasteiger partial charge in [-0.25, -0.2) is 8.42 Å². The number of nitrogens with two attached hydrogens (primary N) is 1. The molecule has 4 nitrogen and oxygen atoms in total. The molecule has 1 fully saturated rings. The van der Waals surface area contributed by atoms with Crippen LogP contribution >= 0.6 is 11.6 Å². The van der Waals surface area contributed by atoms with Gasteiger partial charge in [-0.3, -0.25) is 0 Å². The summed E-state index contributed by atoms with van der Waals surface area (Å²) in [5.74, 6) is 0.237. The normalized spacial score (nSPS) is 24.8. The molecule has 0 amide bonds. The van der Waals surface area contributed by atoms with E-state index in [0.717, 1.165) is 18.4 Å². The molecular weight excluding hydrogens is 296 g/mol. The van der Waals surface area contributed by atoms with Gasteiger partial charge < -0.3 is 5.73 Å². The molecule has 1 aromatic rings. The van der Waals surface area contributed by atoms with Gasteiger partial charge in [0.1, 0.15) is 0 Å². The van der Waals surface area contributed by atoms with Crippen LogP contribution in [0.1, 0.15) is 25.3 Å². The van der Waals surface area contributed by atoms with Crippen LogP contribution in [0.5, 0.6) is 0 Å². The minimum Gasteiger partial charge on any atom is -0.330 e. The van der Waals surface area contributed by atoms with Gasteiger partial charge in [0.15, 0.2) is 0 Å². The summed E-state index contributed by atoms with van der Waals surface area (Å²) in [6.45, 7) is 4.75. The molecule has 6 heteroatoms. The van der Waals surface area contributed by atoms with E-state index in [-0.39, 0.29) is 12.0 Å². The minimum absolute atomic E-state index is 0.00109. The summed E-state index contributed by atoms with van der Waals surface area (Å²) in [7, 11) is -3.51. The highest BCUT2D eigenvalue weighted by molar-refractivity contribution is 7.89. The Hall–Kier alpha value is -0.620. The molecular formula is C14H21ClN2O2S. The van der Waals surface area contributed by atoms with E-state index in [9.17, 15) is 8.42 Å². The number of rotatable bonds is 3. The Bertz CT molecular complexity index is 589. The predicted molar refractivity (Wildman–Crippen MR) is 81.3 cm³/mol. The van der Waals surface area contributed by atoms with Gasteiger partial charge >= 0.3 is 0 Å². The second-order valence-corrected chi connectivity index (χ2v) is 7.81. The Kier molecular flexibility index (Phi) is 4.74. The average Bonchev–Trinajstić information content (AvgIpc) is 2.41. The summed E-state index contributed by atoms with van der Waals surface area (Å²) in [5, 5.41) is 0.439. The van der Waals surface area contributed by atoms with Gasteiger partial charge in [-0.2, -0.15) is 4.31 Å². The first-order valence-electron chi connectivity index (χ1n) is 6.84. The van der Waals surface area contributed by atoms with E-state index in [4.69, 9.17) is 17.3 Å². The zero-order valence-corrected chi connectivity index (χ0v) is 13.4. The molecule has 1 saturated heterocycles. The topological polar surface area (TPSA) is 63.4 Å². The molecule has 20 heavy (non-hydrogen) atoms. The van der Waals surface area contributed by atoms with Gasteiger partial charge in [-0.05, 0) is 56.8 Å². The van der Waals surface area contributed by atoms with Crippen molar-refractivity contribution in [2.75, 3.05) is 13.1 Å². The Morgan fingerprint density at radius 1 is 1.40 bits per heavy atom. The third-order valence-electron chi connectivity index (χ3n) is 3.99. The maximum atomic E-state index is 12.9. The highest BCUT2D eigenvalue weighted by Crippen LogP contribution is 2.30. The molecule has 0 spiro atoms. The van der Waals surface area contributed by atoms with Gasteiger partial charge in [0.05, 0.1) is 4.90 Å². The van der Waals surface area contributed by atoms with Gasteiger partial charge in [0.25, 0.3) is 0 Å². The smallest absolute Gasteiger partial charge is 0.243 e. The highest BCUT2D eigenvalue weighted by atomic mass is 35.5. The van der Waals surface area contributed by atoms with Crippen molar-refractivity contribution < 1.29 is 8.42 Å². The van der Waals surface area contributed by atoms with Gasteiger partial charge in [-0.1, -0.05) is 17.7 Å². The van der Waals surface area contributed by atoms with Gasteiger partial charge in [-0.15, -0.1) is 0 Å². The maximum Gasteiger partial charge on any atom is 0.243 e. The van der Waals surface area contributed by atoms with E-state index >= 15 is 0 Å². The van der Waals surface area contributed by atoms with Crippen LogP contribution in [0.15, 0.2) is 23.1 Å². The molecule has 0 bridgehead atoms. The van der Waals surface area contributed by atoms with E-state index in [0.29, 0.717) is 23.0 Å². The van der Waals surface area contributed by atoms with E-state index < -0.39 is 10.0 Å². The molecule has 1 aliphatic heterocycles. The standard InChI is InChI=1S/C14H21ClN2O2S/c1-10-3-6-13(15)7-14(10)20(18,19)17-9-12(8-16)5-4-11(17)2/h3,6-7,11-12H,4-5,8-9,16H2,1-2H3. The van der Waals surface area contributed by atoms with Crippen molar-refractivity contribution >= 4 is 21.6 Å². The first-order chi connectivity index (χ1) is 9.36. The number of piperidine rings is 1. The summed E-state index contributed by atoms with van der Waals surface area (Å²) < 4.78 is 27.3. The number of sulfonamides is 1. The van der Waals surface area contributed by atoms with Crippen molar-refractivity contribution in [1.82, 2.24) is 4.31 Å². The van der Waals surface area contributed by atoms with Crippen molar-refractivity contribution in [2.45, 2.75) is 37.6 Å². The third kappa shape index (κ3) is 3.01. The fraction of sp³-hybridized carbons (Fsp3) is 0.571. The number of nitrogens with zero attached hydrogens (tertiary/aromatic N) is 1. The van der Waals surface area contributed by atoms with E-state index in [1.807, 2.05) is 6.92 Å². The average molecular weight is 317 g/mol. The summed E-state index contributed by atoms with van der Waals surface area (Å²) in [5.41, 5.74) is 6.42. The first kappa shape index (κ1) is 15.8. The monoisotopic (exact) mass is 316 g/mol. The van der Waals surface area contributed by atoms with Crippen LogP contribution in [0.25, 0.3) is 0 Å². The summed E-state index contributed by atoms with van der Waals surface area (Å²) in [6.07, 6.45) is 1.83. The zero-order chi connectivity index (χ0) is 14.9. The Balaban J connectivity index is 2.40. The number of hydrogen-bond acceptors (Lipinski definition) is 3. The fourth-order valence-corrected chi connectivity index (χ4v) is 4.88. The Morgan fingerprint density at radius 3 is 2.75 bits per heavy atom. The first-order valence-corrected chi connectivity index (χ1v) is 8.66. The number of aryl methyl sites for hydroxylation is 1. The van der Waals surface area contributed by atoms with Crippen LogP contribution in [0.4, 0.5) is 0 Å². The number of benzene rings is 1. The van der Waals surface area contributed by atoms with E-state index in [2.05, 4.69) is 0 Å². The molecule has 2 N–H and O–H groups in total. The SMILES string of the molecule is Cc1ccc(Cl)cc1S(=O)(=O)N1CC(CN)CCC1C. The molecule has 0 aromatic heterocycles. The zero-order valence-electron chi connectivity index (χ0n) is 11.8. The van der Waals surface area contributed by atoms with Crippen LogP contribution in [-0.2, 0) is 10.0 Å². The van der Waals surface area contributed by atoms with Crippen LogP contribution in [-0.4, -0.2) is 31.9 Å². The van der Waals surface area contributed by atoms with Crippen LogP contribution < -0.4 is 5.73 Å². The van der Waals surface area contributed by atoms with E-state index in [1.54, 1.807) is 23.4 Å². The van der Waals surface area contributed by atoms with Gasteiger partial charge in [0, 0.05) is 17.6 Å². The Labute approximate surface area is 126 Å². The largest absolute Gasteiger partial charge is 0.330 e. The lowest BCUT2D eigenvalue weighted by Gasteiger charge is -2.36. The molecule has 0 saturated carbocycles. The lowest BCUT2D eigenvalue weighted by Crippen LogP contribution is -2.47. The minimum atomic E-state index is -3.51. The molecule has 1 heterocycles. The van der Waals surface area contributed by atoms with Crippen molar-refractivity contribution in [3.8, 4) is 0 Å². The van der Waals surface area contributed by atoms with Gasteiger partial charge in [0.2, 0.25) is 10.0 Å². The second-order valence-electron chi connectivity index (χ2n) is 5.51. The summed E-state index contributed by atoms with van der Waals surface area (Å²) in [6, 6.07) is 4.98. The van der Waals surface area contributed by atoms with Crippen molar-refractivity contribution in [1.29, 1.82) is 0 Å². The fourth-order valence-electron chi connectivity index (χ4n) is 2.65. The quantitative estimate of drug-likeness (QED) is 0.931. The van der Waals surface area contributed by atoms with Crippen LogP contribution in [0, 0.1) is 12.8 Å². The second kappa shape index (κ2) is 6.02. The van der Waals surface area contributed by atoms with Crippen molar-refractivity contribution in [3.63, 3.8) is 0 Å². The molecule has 1 aromatic carbocycles. The summed E-state index contributed by atoms with van der Waals surface area (Å²) >= 11 is 5.95. The number of halogens is 1. The molecule has 2 rings (SSSR count). The molecule has 112 valence electrons. The molecule has 0 radical (unpaired) electrons. The van der Waals surface area contributed by atoms with Crippen molar-refractivity contribution in [3.05, 3.63) is 28.8 Å². The predicted octanol–water partition coefficient (Wildman–Crippen LogP) is 2.40. The lowest BCUT2D eigenvalue weighted by atomic mass is 9.96. The molecule has 0 aliphatic carbocycles. The third-order valence-corrected chi connectivity index (χ3v) is 6.35. The Morgan fingerprint density at radius 2 is 2.10 bits per heavy atom. The summed E-state index contributed by atoms with van der Waals surface area (Å²) in [4.78, 5) is 0.300. The molecule has 1 aliphatic rings. The van der Waals surface area contributed by atoms with Crippen LogP contribution in [0.3, 0.4) is 0 Å². The van der Waals surface area contributed by atoms with Crippen LogP contribution in [0.2, 0.25) is 5.02 Å².